The van der Waals surface area contributed by atoms with E-state index in [0.29, 0.717) is 5.92 Å². The number of β-amino-alcohol motifs (C(OH)–C–C–N with tert-alkyl or cyclic N) is 1. The third kappa shape index (κ3) is 2.61. The second kappa shape index (κ2) is 4.06. The first-order valence-corrected chi connectivity index (χ1v) is 4.63. The first-order valence-electron chi connectivity index (χ1n) is 4.63. The number of likely N-dealkylation sites (tertiary alicyclic amines) is 1. The fraction of sp³-hybridized carbons (Fsp3) is 0.800. The number of nitrogens with zero attached hydrogens (tertiary/aromatic N) is 1. The summed E-state index contributed by atoms with van der Waals surface area (Å²) >= 11 is 0. The van der Waals surface area contributed by atoms with Crippen LogP contribution in [0.2, 0.25) is 0 Å². The Balaban J connectivity index is 2.33. The molecule has 0 aromatic carbocycles. The average Bonchev–Trinajstić information content (AvgIpc) is 2.28. The maximum atomic E-state index is 9.47. The van der Waals surface area contributed by atoms with Crippen molar-refractivity contribution in [1.82, 2.24) is 4.90 Å². The molecule has 0 radical (unpaired) electrons. The minimum Gasteiger partial charge on any atom is -0.391 e. The fourth-order valence-electron chi connectivity index (χ4n) is 1.51. The number of rotatable bonds is 2. The van der Waals surface area contributed by atoms with Gasteiger partial charge in [-0.25, -0.2) is 0 Å². The van der Waals surface area contributed by atoms with Gasteiger partial charge in [0.15, 0.2) is 0 Å². The molecule has 2 atom stereocenters. The Hall–Kier alpha value is -0.340. The molecule has 0 aromatic rings. The maximum absolute atomic E-state index is 9.47. The summed E-state index contributed by atoms with van der Waals surface area (Å²) in [7, 11) is 0. The maximum Gasteiger partial charge on any atom is 0.0704 e. The Morgan fingerprint density at radius 3 is 2.58 bits per heavy atom. The number of allylic oxidation sites excluding steroid dienone is 1. The molecule has 1 rings (SSSR count). The molecule has 0 amide bonds. The van der Waals surface area contributed by atoms with Crippen molar-refractivity contribution in [3.05, 3.63) is 11.6 Å². The lowest BCUT2D eigenvalue weighted by Crippen LogP contribution is -2.22. The van der Waals surface area contributed by atoms with Crippen molar-refractivity contribution in [2.45, 2.75) is 26.9 Å². The van der Waals surface area contributed by atoms with Crippen LogP contribution in [0.4, 0.5) is 0 Å². The fourth-order valence-corrected chi connectivity index (χ4v) is 1.51. The van der Waals surface area contributed by atoms with Gasteiger partial charge in [-0.1, -0.05) is 18.6 Å². The second-order valence-corrected chi connectivity index (χ2v) is 4.04. The molecule has 2 nitrogen and oxygen atoms in total. The summed E-state index contributed by atoms with van der Waals surface area (Å²) in [5.41, 5.74) is 1.35. The molecule has 0 spiro atoms. The van der Waals surface area contributed by atoms with E-state index >= 15 is 0 Å². The monoisotopic (exact) mass is 169 g/mol. The van der Waals surface area contributed by atoms with Crippen molar-refractivity contribution in [2.24, 2.45) is 5.92 Å². The van der Waals surface area contributed by atoms with Gasteiger partial charge in [-0.05, 0) is 19.8 Å². The first-order chi connectivity index (χ1) is 5.59. The molecule has 1 fully saturated rings. The summed E-state index contributed by atoms with van der Waals surface area (Å²) in [6.45, 7) is 9.18. The van der Waals surface area contributed by atoms with E-state index in [-0.39, 0.29) is 6.10 Å². The van der Waals surface area contributed by atoms with Gasteiger partial charge in [0.25, 0.3) is 0 Å². The SMILES string of the molecule is CC(C)=CCN1CC(C)C(O)C1. The van der Waals surface area contributed by atoms with Gasteiger partial charge in [-0.15, -0.1) is 0 Å². The predicted molar refractivity (Wildman–Crippen MR) is 51.0 cm³/mol. The topological polar surface area (TPSA) is 23.5 Å². The van der Waals surface area contributed by atoms with Crippen LogP contribution in [0.3, 0.4) is 0 Å². The number of hydrogen-bond donors (Lipinski definition) is 1. The molecular weight excluding hydrogens is 150 g/mol. The molecular formula is C10H19NO. The number of aliphatic hydroxyl groups is 1. The Morgan fingerprint density at radius 1 is 1.50 bits per heavy atom. The number of hydrogen-bond acceptors (Lipinski definition) is 2. The van der Waals surface area contributed by atoms with E-state index in [1.165, 1.54) is 5.57 Å². The van der Waals surface area contributed by atoms with Gasteiger partial charge < -0.3 is 5.11 Å². The van der Waals surface area contributed by atoms with Crippen molar-refractivity contribution in [1.29, 1.82) is 0 Å². The normalized spacial score (nSPS) is 30.7. The summed E-state index contributed by atoms with van der Waals surface area (Å²) < 4.78 is 0. The molecule has 12 heavy (non-hydrogen) atoms. The molecule has 0 aromatic heterocycles. The number of aliphatic hydroxyl groups excluding tert-OH is 1. The molecule has 1 heterocycles. The third-order valence-corrected chi connectivity index (χ3v) is 2.41. The predicted octanol–water partition coefficient (Wildman–Crippen LogP) is 1.27. The summed E-state index contributed by atoms with van der Waals surface area (Å²) in [6.07, 6.45) is 2.10. The van der Waals surface area contributed by atoms with Crippen LogP contribution in [-0.4, -0.2) is 35.7 Å². The van der Waals surface area contributed by atoms with Crippen LogP contribution >= 0.6 is 0 Å². The molecule has 0 bridgehead atoms. The lowest BCUT2D eigenvalue weighted by Gasteiger charge is -2.11. The van der Waals surface area contributed by atoms with Crippen LogP contribution in [0.5, 0.6) is 0 Å². The first kappa shape index (κ1) is 9.75. The smallest absolute Gasteiger partial charge is 0.0704 e. The second-order valence-electron chi connectivity index (χ2n) is 4.04. The zero-order valence-corrected chi connectivity index (χ0v) is 8.25. The Morgan fingerprint density at radius 2 is 2.17 bits per heavy atom. The van der Waals surface area contributed by atoms with E-state index in [9.17, 15) is 5.11 Å². The van der Waals surface area contributed by atoms with Crippen LogP contribution in [0, 0.1) is 5.92 Å². The van der Waals surface area contributed by atoms with Crippen LogP contribution in [0.15, 0.2) is 11.6 Å². The van der Waals surface area contributed by atoms with E-state index in [1.807, 2.05) is 0 Å². The van der Waals surface area contributed by atoms with Crippen molar-refractivity contribution in [2.75, 3.05) is 19.6 Å². The van der Waals surface area contributed by atoms with Crippen LogP contribution in [0.1, 0.15) is 20.8 Å². The standard InChI is InChI=1S/C10H19NO/c1-8(2)4-5-11-6-9(3)10(12)7-11/h4,9-10,12H,5-7H2,1-3H3. The third-order valence-electron chi connectivity index (χ3n) is 2.41. The van der Waals surface area contributed by atoms with Gasteiger partial charge in [0, 0.05) is 19.6 Å². The van der Waals surface area contributed by atoms with Crippen molar-refractivity contribution in [3.63, 3.8) is 0 Å². The van der Waals surface area contributed by atoms with E-state index in [0.717, 1.165) is 19.6 Å². The van der Waals surface area contributed by atoms with Gasteiger partial charge in [0.2, 0.25) is 0 Å². The molecule has 70 valence electrons. The molecule has 1 saturated heterocycles. The molecule has 1 N–H and O–H groups in total. The lowest BCUT2D eigenvalue weighted by molar-refractivity contribution is 0.149. The molecule has 1 aliphatic heterocycles. The van der Waals surface area contributed by atoms with Crippen molar-refractivity contribution < 1.29 is 5.11 Å². The highest BCUT2D eigenvalue weighted by Gasteiger charge is 2.26. The van der Waals surface area contributed by atoms with E-state index in [2.05, 4.69) is 31.7 Å². The minimum atomic E-state index is -0.115. The largest absolute Gasteiger partial charge is 0.391 e. The Bertz CT molecular complexity index is 163. The van der Waals surface area contributed by atoms with E-state index in [4.69, 9.17) is 0 Å². The molecule has 0 aliphatic carbocycles. The lowest BCUT2D eigenvalue weighted by atomic mass is 10.1. The van der Waals surface area contributed by atoms with Gasteiger partial charge >= 0.3 is 0 Å². The summed E-state index contributed by atoms with van der Waals surface area (Å²) in [6, 6.07) is 0. The van der Waals surface area contributed by atoms with Crippen molar-refractivity contribution >= 4 is 0 Å². The zero-order chi connectivity index (χ0) is 9.14. The van der Waals surface area contributed by atoms with Gasteiger partial charge in [0.05, 0.1) is 6.10 Å². The summed E-state index contributed by atoms with van der Waals surface area (Å²) in [5, 5.41) is 9.47. The Labute approximate surface area is 74.9 Å². The summed E-state index contributed by atoms with van der Waals surface area (Å²) in [5.74, 6) is 0.440. The molecule has 0 saturated carbocycles. The molecule has 2 unspecified atom stereocenters. The van der Waals surface area contributed by atoms with Crippen LogP contribution in [-0.2, 0) is 0 Å². The highest BCUT2D eigenvalue weighted by Crippen LogP contribution is 2.15. The zero-order valence-electron chi connectivity index (χ0n) is 8.25. The van der Waals surface area contributed by atoms with Gasteiger partial charge in [0.1, 0.15) is 0 Å². The Kier molecular flexibility index (Phi) is 3.29. The molecule has 1 aliphatic rings. The minimum absolute atomic E-state index is 0.115. The van der Waals surface area contributed by atoms with Crippen LogP contribution < -0.4 is 0 Å². The van der Waals surface area contributed by atoms with E-state index in [1.54, 1.807) is 0 Å². The quantitative estimate of drug-likeness (QED) is 0.629. The van der Waals surface area contributed by atoms with Gasteiger partial charge in [-0.2, -0.15) is 0 Å². The molecule has 2 heteroatoms. The van der Waals surface area contributed by atoms with Gasteiger partial charge in [-0.3, -0.25) is 4.90 Å². The highest BCUT2D eigenvalue weighted by atomic mass is 16.3. The highest BCUT2D eigenvalue weighted by molar-refractivity contribution is 4.96. The average molecular weight is 169 g/mol. The van der Waals surface area contributed by atoms with Crippen molar-refractivity contribution in [3.8, 4) is 0 Å². The van der Waals surface area contributed by atoms with Crippen LogP contribution in [0.25, 0.3) is 0 Å². The van der Waals surface area contributed by atoms with E-state index < -0.39 is 0 Å². The summed E-state index contributed by atoms with van der Waals surface area (Å²) in [4.78, 5) is 2.29.